The number of benzene rings is 2. The third-order valence-corrected chi connectivity index (χ3v) is 7.40. The van der Waals surface area contributed by atoms with Crippen LogP contribution in [-0.4, -0.2) is 35.1 Å². The Bertz CT molecular complexity index is 1270. The average molecular weight is 432 g/mol. The molecule has 0 saturated carbocycles. The van der Waals surface area contributed by atoms with Crippen molar-refractivity contribution >= 4 is 26.5 Å². The molecule has 0 aliphatic rings. The maximum atomic E-state index is 14.8. The summed E-state index contributed by atoms with van der Waals surface area (Å²) in [5.41, 5.74) is 2.47. The second kappa shape index (κ2) is 8.00. The van der Waals surface area contributed by atoms with Gasteiger partial charge in [0.05, 0.1) is 5.39 Å². The van der Waals surface area contributed by atoms with Crippen LogP contribution in [0.15, 0.2) is 59.5 Å². The number of pyridine rings is 1. The van der Waals surface area contributed by atoms with Crippen LogP contribution >= 0.6 is 0 Å². The molecule has 1 aromatic heterocycles. The Morgan fingerprint density at radius 2 is 1.80 bits per heavy atom. The first kappa shape index (κ1) is 21.7. The molecule has 1 atom stereocenters. The number of hydroxylamine groups is 1. The summed E-state index contributed by atoms with van der Waals surface area (Å²) in [5.74, 6) is -1.76. The number of hydrogen-bond donors (Lipinski definition) is 2. The van der Waals surface area contributed by atoms with Crippen molar-refractivity contribution in [3.05, 3.63) is 70.9 Å². The number of halogens is 1. The number of carbonyl (C=O) groups is 1. The van der Waals surface area contributed by atoms with Crippen molar-refractivity contribution < 1.29 is 22.8 Å². The quantitative estimate of drug-likeness (QED) is 0.460. The number of rotatable bonds is 6. The molecule has 0 fully saturated rings. The van der Waals surface area contributed by atoms with Crippen LogP contribution in [0.4, 0.5) is 4.39 Å². The molecule has 9 heteroatoms. The number of carbonyl (C=O) groups excluding carboxylic acids is 1. The van der Waals surface area contributed by atoms with Crippen LogP contribution in [0.2, 0.25) is 0 Å². The zero-order chi connectivity index (χ0) is 22.1. The molecule has 1 heterocycles. The molecule has 30 heavy (non-hydrogen) atoms. The first-order chi connectivity index (χ1) is 14.1. The molecule has 0 spiro atoms. The number of fused-ring (bicyclic) bond motifs is 1. The van der Waals surface area contributed by atoms with Gasteiger partial charge in [-0.15, -0.1) is 0 Å². The van der Waals surface area contributed by atoms with E-state index >= 15 is 0 Å². The third-order valence-electron chi connectivity index (χ3n) is 5.37. The summed E-state index contributed by atoms with van der Waals surface area (Å²) >= 11 is 0. The Labute approximate surface area is 172 Å². The molecule has 0 saturated heterocycles. The molecule has 2 N–H and O–H groups in total. The minimum Gasteiger partial charge on any atom is -0.312 e. The van der Waals surface area contributed by atoms with Gasteiger partial charge in [0.15, 0.2) is 14.6 Å². The molecule has 1 amide bonds. The standard InChI is InChI=1S/C21H21FN2O5S/c1-21(20(26)23-27,30(2,28)29)10-11-24-13-18(22)17-12-15(8-9-16(17)19(24)25)14-6-4-3-5-7-14/h3-9,12-13,27H,10-11H2,1-2H3,(H,23,26). The Morgan fingerprint density at radius 3 is 2.40 bits per heavy atom. The molecule has 0 bridgehead atoms. The largest absolute Gasteiger partial charge is 0.312 e. The van der Waals surface area contributed by atoms with E-state index in [1.54, 1.807) is 12.1 Å². The van der Waals surface area contributed by atoms with Gasteiger partial charge in [0.25, 0.3) is 11.5 Å². The molecule has 3 aromatic rings. The van der Waals surface area contributed by atoms with Gasteiger partial charge in [0.1, 0.15) is 5.82 Å². The Kier molecular flexibility index (Phi) is 5.78. The topological polar surface area (TPSA) is 105 Å². The second-order valence-electron chi connectivity index (χ2n) is 7.30. The smallest absolute Gasteiger partial charge is 0.264 e. The summed E-state index contributed by atoms with van der Waals surface area (Å²) in [6.45, 7) is 0.908. The van der Waals surface area contributed by atoms with E-state index in [2.05, 4.69) is 0 Å². The summed E-state index contributed by atoms with van der Waals surface area (Å²) in [5, 5.41) is 9.19. The maximum absolute atomic E-state index is 14.8. The van der Waals surface area contributed by atoms with Crippen molar-refractivity contribution in [2.45, 2.75) is 24.6 Å². The van der Waals surface area contributed by atoms with Crippen LogP contribution in [0, 0.1) is 5.82 Å². The van der Waals surface area contributed by atoms with Crippen LogP contribution in [-0.2, 0) is 21.2 Å². The molecule has 7 nitrogen and oxygen atoms in total. The highest BCUT2D eigenvalue weighted by Crippen LogP contribution is 2.25. The highest BCUT2D eigenvalue weighted by Gasteiger charge is 2.43. The first-order valence-corrected chi connectivity index (χ1v) is 11.0. The van der Waals surface area contributed by atoms with Gasteiger partial charge in [-0.3, -0.25) is 14.8 Å². The lowest BCUT2D eigenvalue weighted by atomic mass is 10.0. The second-order valence-corrected chi connectivity index (χ2v) is 9.74. The van der Waals surface area contributed by atoms with Gasteiger partial charge in [-0.05, 0) is 36.6 Å². The van der Waals surface area contributed by atoms with Crippen molar-refractivity contribution in [2.24, 2.45) is 0 Å². The predicted molar refractivity (Wildman–Crippen MR) is 111 cm³/mol. The molecular weight excluding hydrogens is 411 g/mol. The summed E-state index contributed by atoms with van der Waals surface area (Å²) in [6, 6.07) is 14.1. The molecule has 0 aliphatic heterocycles. The lowest BCUT2D eigenvalue weighted by Crippen LogP contribution is -2.50. The van der Waals surface area contributed by atoms with Gasteiger partial charge >= 0.3 is 0 Å². The predicted octanol–water partition coefficient (Wildman–Crippen LogP) is 2.51. The third kappa shape index (κ3) is 3.86. The highest BCUT2D eigenvalue weighted by molar-refractivity contribution is 7.92. The van der Waals surface area contributed by atoms with Gasteiger partial charge in [-0.2, -0.15) is 0 Å². The number of amides is 1. The van der Waals surface area contributed by atoms with E-state index in [1.807, 2.05) is 30.3 Å². The molecule has 0 aliphatic carbocycles. The minimum atomic E-state index is -3.93. The Morgan fingerprint density at radius 1 is 1.13 bits per heavy atom. The molecule has 158 valence electrons. The highest BCUT2D eigenvalue weighted by atomic mass is 32.2. The summed E-state index contributed by atoms with van der Waals surface area (Å²) in [7, 11) is -3.93. The lowest BCUT2D eigenvalue weighted by Gasteiger charge is -2.25. The number of aryl methyl sites for hydroxylation is 1. The lowest BCUT2D eigenvalue weighted by molar-refractivity contribution is -0.131. The fraction of sp³-hybridized carbons (Fsp3) is 0.238. The van der Waals surface area contributed by atoms with Crippen molar-refractivity contribution in [2.75, 3.05) is 6.26 Å². The van der Waals surface area contributed by atoms with E-state index in [9.17, 15) is 22.4 Å². The van der Waals surface area contributed by atoms with Crippen LogP contribution in [0.5, 0.6) is 0 Å². The average Bonchev–Trinajstić information content (AvgIpc) is 2.73. The van der Waals surface area contributed by atoms with Gasteiger partial charge < -0.3 is 4.57 Å². The number of hydrogen-bond acceptors (Lipinski definition) is 5. The number of sulfone groups is 1. The van der Waals surface area contributed by atoms with E-state index in [0.717, 1.165) is 35.1 Å². The molecule has 2 aromatic carbocycles. The summed E-state index contributed by atoms with van der Waals surface area (Å²) in [6.07, 6.45) is 1.53. The fourth-order valence-corrected chi connectivity index (χ4v) is 4.09. The number of nitrogens with one attached hydrogen (secondary N) is 1. The minimum absolute atomic E-state index is 0.141. The summed E-state index contributed by atoms with van der Waals surface area (Å²) in [4.78, 5) is 24.8. The zero-order valence-corrected chi connectivity index (χ0v) is 17.2. The van der Waals surface area contributed by atoms with Crippen LogP contribution in [0.3, 0.4) is 0 Å². The summed E-state index contributed by atoms with van der Waals surface area (Å²) < 4.78 is 38.0. The zero-order valence-electron chi connectivity index (χ0n) is 16.4. The first-order valence-electron chi connectivity index (χ1n) is 9.11. The molecule has 3 rings (SSSR count). The van der Waals surface area contributed by atoms with Crippen molar-refractivity contribution in [3.63, 3.8) is 0 Å². The fourth-order valence-electron chi connectivity index (χ4n) is 3.24. The van der Waals surface area contributed by atoms with E-state index in [4.69, 9.17) is 5.21 Å². The van der Waals surface area contributed by atoms with E-state index < -0.39 is 31.9 Å². The number of aromatic nitrogens is 1. The van der Waals surface area contributed by atoms with Gasteiger partial charge in [0.2, 0.25) is 0 Å². The van der Waals surface area contributed by atoms with E-state index in [1.165, 1.54) is 11.5 Å². The normalized spacial score (nSPS) is 13.7. The van der Waals surface area contributed by atoms with Crippen LogP contribution in [0.1, 0.15) is 13.3 Å². The van der Waals surface area contributed by atoms with Crippen LogP contribution < -0.4 is 11.0 Å². The van der Waals surface area contributed by atoms with E-state index in [0.29, 0.717) is 0 Å². The number of nitrogens with zero attached hydrogens (tertiary/aromatic N) is 1. The Balaban J connectivity index is 2.01. The van der Waals surface area contributed by atoms with Gasteiger partial charge in [-0.25, -0.2) is 18.3 Å². The maximum Gasteiger partial charge on any atom is 0.264 e. The van der Waals surface area contributed by atoms with Crippen molar-refractivity contribution in [1.82, 2.24) is 10.0 Å². The van der Waals surface area contributed by atoms with Gasteiger partial charge in [0, 0.05) is 24.4 Å². The van der Waals surface area contributed by atoms with E-state index in [-0.39, 0.29) is 23.7 Å². The monoisotopic (exact) mass is 432 g/mol. The Hall–Kier alpha value is -3.04. The van der Waals surface area contributed by atoms with Crippen molar-refractivity contribution in [3.8, 4) is 11.1 Å². The molecule has 1 unspecified atom stereocenters. The van der Waals surface area contributed by atoms with Crippen LogP contribution in [0.25, 0.3) is 21.9 Å². The molecular formula is C21H21FN2O5S. The molecule has 0 radical (unpaired) electrons. The SMILES string of the molecule is CC(CCn1cc(F)c2cc(-c3ccccc3)ccc2c1=O)(C(=O)NO)S(C)(=O)=O. The van der Waals surface area contributed by atoms with Crippen molar-refractivity contribution in [1.29, 1.82) is 0 Å². The van der Waals surface area contributed by atoms with Gasteiger partial charge in [-0.1, -0.05) is 36.4 Å².